The van der Waals surface area contributed by atoms with Gasteiger partial charge < -0.3 is 14.8 Å². The molecular weight excluding hydrogens is 360 g/mol. The number of amides is 1. The number of fused-ring (bicyclic) bond motifs is 1. The SMILES string of the molecule is CONC(=O)C1=C(c2cc3c(C)cccc3[nH]2)C(O)(c2ccccc2)OC1=O. The number of aromatic nitrogens is 1. The lowest BCUT2D eigenvalue weighted by Crippen LogP contribution is -2.28. The highest BCUT2D eigenvalue weighted by atomic mass is 16.7. The van der Waals surface area contributed by atoms with Crippen LogP contribution in [0.4, 0.5) is 0 Å². The molecule has 28 heavy (non-hydrogen) atoms. The molecule has 1 aliphatic heterocycles. The fourth-order valence-corrected chi connectivity index (χ4v) is 3.48. The third kappa shape index (κ3) is 2.69. The molecule has 1 aliphatic rings. The van der Waals surface area contributed by atoms with Crippen molar-refractivity contribution in [2.24, 2.45) is 0 Å². The van der Waals surface area contributed by atoms with E-state index in [0.29, 0.717) is 11.3 Å². The van der Waals surface area contributed by atoms with Crippen LogP contribution in [0.3, 0.4) is 0 Å². The maximum absolute atomic E-state index is 12.6. The van der Waals surface area contributed by atoms with Crippen molar-refractivity contribution in [3.8, 4) is 0 Å². The van der Waals surface area contributed by atoms with Gasteiger partial charge in [-0.15, -0.1) is 0 Å². The van der Waals surface area contributed by atoms with Crippen molar-refractivity contribution < 1.29 is 24.3 Å². The van der Waals surface area contributed by atoms with Gasteiger partial charge in [0, 0.05) is 16.5 Å². The van der Waals surface area contributed by atoms with E-state index in [4.69, 9.17) is 4.74 Å². The van der Waals surface area contributed by atoms with E-state index < -0.39 is 17.7 Å². The lowest BCUT2D eigenvalue weighted by molar-refractivity contribution is -0.179. The molecule has 7 nitrogen and oxygen atoms in total. The number of cyclic esters (lactones) is 1. The number of carbonyl (C=O) groups excluding carboxylic acids is 2. The standard InChI is InChI=1S/C21H18N2O5/c1-12-7-6-10-15-14(12)11-16(22-15)18-17(19(24)23-27-2)20(25)28-21(18,26)13-8-4-3-5-9-13/h3-11,22,26H,1-2H3,(H,23,24). The minimum Gasteiger partial charge on any atom is -0.420 e. The first-order valence-corrected chi connectivity index (χ1v) is 8.63. The van der Waals surface area contributed by atoms with Crippen molar-refractivity contribution in [3.05, 3.63) is 77.0 Å². The summed E-state index contributed by atoms with van der Waals surface area (Å²) >= 11 is 0. The summed E-state index contributed by atoms with van der Waals surface area (Å²) in [6, 6.07) is 15.9. The number of ether oxygens (including phenoxy) is 1. The number of aromatic amines is 1. The number of H-pyrrole nitrogens is 1. The average molecular weight is 378 g/mol. The Morgan fingerprint density at radius 2 is 1.93 bits per heavy atom. The van der Waals surface area contributed by atoms with Gasteiger partial charge >= 0.3 is 5.97 Å². The molecule has 0 saturated heterocycles. The van der Waals surface area contributed by atoms with Gasteiger partial charge in [0.05, 0.1) is 18.4 Å². The van der Waals surface area contributed by atoms with Gasteiger partial charge in [0.25, 0.3) is 11.7 Å². The number of aryl methyl sites for hydroxylation is 1. The number of esters is 1. The smallest absolute Gasteiger partial charge is 0.347 e. The first kappa shape index (κ1) is 18.0. The molecule has 1 unspecified atom stereocenters. The van der Waals surface area contributed by atoms with Crippen molar-refractivity contribution in [2.75, 3.05) is 7.11 Å². The first-order chi connectivity index (χ1) is 13.5. The molecule has 0 bridgehead atoms. The van der Waals surface area contributed by atoms with Crippen LogP contribution in [-0.2, 0) is 25.0 Å². The van der Waals surface area contributed by atoms with Crippen LogP contribution in [-0.4, -0.2) is 29.1 Å². The molecule has 1 amide bonds. The third-order valence-corrected chi connectivity index (χ3v) is 4.77. The third-order valence-electron chi connectivity index (χ3n) is 4.77. The highest BCUT2D eigenvalue weighted by Crippen LogP contribution is 2.45. The molecule has 7 heteroatoms. The predicted octanol–water partition coefficient (Wildman–Crippen LogP) is 2.31. The van der Waals surface area contributed by atoms with Gasteiger partial charge in [0.1, 0.15) is 5.57 Å². The molecule has 2 aromatic carbocycles. The van der Waals surface area contributed by atoms with Crippen LogP contribution in [0.15, 0.2) is 60.2 Å². The summed E-state index contributed by atoms with van der Waals surface area (Å²) in [5, 5.41) is 12.3. The van der Waals surface area contributed by atoms with Crippen LogP contribution >= 0.6 is 0 Å². The maximum Gasteiger partial charge on any atom is 0.347 e. The van der Waals surface area contributed by atoms with Crippen LogP contribution in [0.5, 0.6) is 0 Å². The van der Waals surface area contributed by atoms with E-state index in [2.05, 4.69) is 15.3 Å². The van der Waals surface area contributed by atoms with Gasteiger partial charge in [-0.3, -0.25) is 9.63 Å². The molecule has 1 atom stereocenters. The second-order valence-electron chi connectivity index (χ2n) is 6.50. The molecule has 142 valence electrons. The van der Waals surface area contributed by atoms with Gasteiger partial charge in [-0.05, 0) is 24.6 Å². The van der Waals surface area contributed by atoms with Crippen molar-refractivity contribution in [1.82, 2.24) is 10.5 Å². The number of aliphatic hydroxyl groups is 1. The van der Waals surface area contributed by atoms with Crippen molar-refractivity contribution in [1.29, 1.82) is 0 Å². The Bertz CT molecular complexity index is 1120. The van der Waals surface area contributed by atoms with E-state index in [1.54, 1.807) is 36.4 Å². The first-order valence-electron chi connectivity index (χ1n) is 8.63. The van der Waals surface area contributed by atoms with E-state index in [0.717, 1.165) is 16.5 Å². The molecule has 1 aromatic heterocycles. The number of hydrogen-bond donors (Lipinski definition) is 3. The fraction of sp³-hybridized carbons (Fsp3) is 0.143. The Morgan fingerprint density at radius 1 is 1.18 bits per heavy atom. The number of carbonyl (C=O) groups is 2. The zero-order valence-corrected chi connectivity index (χ0v) is 15.3. The van der Waals surface area contributed by atoms with Gasteiger partial charge in [0.15, 0.2) is 0 Å². The maximum atomic E-state index is 12.6. The summed E-state index contributed by atoms with van der Waals surface area (Å²) in [5.41, 5.74) is 4.40. The molecule has 0 aliphatic carbocycles. The van der Waals surface area contributed by atoms with Crippen molar-refractivity contribution in [3.63, 3.8) is 0 Å². The number of benzene rings is 2. The predicted molar refractivity (Wildman–Crippen MR) is 102 cm³/mol. The fourth-order valence-electron chi connectivity index (χ4n) is 3.48. The van der Waals surface area contributed by atoms with Gasteiger partial charge in [-0.1, -0.05) is 42.5 Å². The Kier molecular flexibility index (Phi) is 4.26. The van der Waals surface area contributed by atoms with Gasteiger partial charge in [-0.25, -0.2) is 10.3 Å². The minimum absolute atomic E-state index is 0.0360. The molecule has 4 rings (SSSR count). The van der Waals surface area contributed by atoms with E-state index >= 15 is 0 Å². The number of hydrogen-bond acceptors (Lipinski definition) is 5. The Morgan fingerprint density at radius 3 is 2.61 bits per heavy atom. The molecule has 3 N–H and O–H groups in total. The number of hydroxylamine groups is 1. The van der Waals surface area contributed by atoms with Crippen LogP contribution in [0.25, 0.3) is 16.5 Å². The quantitative estimate of drug-likeness (QED) is 0.367. The Labute approximate surface area is 160 Å². The van der Waals surface area contributed by atoms with E-state index in [1.165, 1.54) is 7.11 Å². The molecule has 0 spiro atoms. The summed E-state index contributed by atoms with van der Waals surface area (Å²) in [4.78, 5) is 32.9. The second-order valence-corrected chi connectivity index (χ2v) is 6.50. The summed E-state index contributed by atoms with van der Waals surface area (Å²) in [6.45, 7) is 1.95. The van der Waals surface area contributed by atoms with Crippen LogP contribution in [0.1, 0.15) is 16.8 Å². The van der Waals surface area contributed by atoms with Crippen LogP contribution in [0, 0.1) is 6.92 Å². The van der Waals surface area contributed by atoms with E-state index in [-0.39, 0.29) is 11.1 Å². The molecule has 2 heterocycles. The normalized spacial score (nSPS) is 19.2. The summed E-state index contributed by atoms with van der Waals surface area (Å²) < 4.78 is 5.31. The monoisotopic (exact) mass is 378 g/mol. The molecular formula is C21H18N2O5. The lowest BCUT2D eigenvalue weighted by Gasteiger charge is -2.24. The van der Waals surface area contributed by atoms with E-state index in [1.807, 2.05) is 25.1 Å². The van der Waals surface area contributed by atoms with Crippen LogP contribution in [0.2, 0.25) is 0 Å². The number of nitrogens with one attached hydrogen (secondary N) is 2. The van der Waals surface area contributed by atoms with Crippen molar-refractivity contribution in [2.45, 2.75) is 12.7 Å². The highest BCUT2D eigenvalue weighted by Gasteiger charge is 2.51. The zero-order valence-electron chi connectivity index (χ0n) is 15.3. The molecule has 0 fully saturated rings. The molecule has 0 radical (unpaired) electrons. The molecule has 3 aromatic rings. The van der Waals surface area contributed by atoms with Crippen LogP contribution < -0.4 is 5.48 Å². The summed E-state index contributed by atoms with van der Waals surface area (Å²) in [7, 11) is 1.26. The van der Waals surface area contributed by atoms with Gasteiger partial charge in [-0.2, -0.15) is 0 Å². The summed E-state index contributed by atoms with van der Waals surface area (Å²) in [6.07, 6.45) is 0. The Balaban J connectivity index is 2.00. The van der Waals surface area contributed by atoms with E-state index in [9.17, 15) is 14.7 Å². The second kappa shape index (κ2) is 6.63. The minimum atomic E-state index is -2.12. The Hall–Kier alpha value is -3.42. The van der Waals surface area contributed by atoms with Crippen molar-refractivity contribution >= 4 is 28.4 Å². The number of rotatable bonds is 4. The topological polar surface area (TPSA) is 101 Å². The molecule has 0 saturated carbocycles. The summed E-state index contributed by atoms with van der Waals surface area (Å²) in [5.74, 6) is -3.86. The largest absolute Gasteiger partial charge is 0.420 e. The zero-order chi connectivity index (χ0) is 19.9. The lowest BCUT2D eigenvalue weighted by atomic mass is 9.92. The van der Waals surface area contributed by atoms with Gasteiger partial charge in [0.2, 0.25) is 0 Å². The average Bonchev–Trinajstić information content (AvgIpc) is 3.22. The highest BCUT2D eigenvalue weighted by molar-refractivity contribution is 6.24.